The molecule has 0 aliphatic carbocycles. The summed E-state index contributed by atoms with van der Waals surface area (Å²) in [5, 5.41) is 81.4. The Hall–Kier alpha value is -13.5. The highest BCUT2D eigenvalue weighted by atomic mass is 16.5. The van der Waals surface area contributed by atoms with Gasteiger partial charge in [0.2, 0.25) is 88.6 Å². The number of rotatable bonds is 61. The maximum Gasteiger partial charge on any atom is 0.317 e. The second kappa shape index (κ2) is 65.7. The Kier molecular flexibility index (Phi) is 53.6. The zero-order valence-corrected chi connectivity index (χ0v) is 82.9. The van der Waals surface area contributed by atoms with Gasteiger partial charge in [-0.3, -0.25) is 106 Å². The first-order valence-corrected chi connectivity index (χ1v) is 50.7. The molecule has 3 fully saturated rings. The van der Waals surface area contributed by atoms with Gasteiger partial charge >= 0.3 is 23.9 Å². The first-order chi connectivity index (χ1) is 69.6. The van der Waals surface area contributed by atoms with E-state index in [9.17, 15) is 82.4 Å². The Labute approximate surface area is 843 Å². The number of amides is 15. The van der Waals surface area contributed by atoms with Gasteiger partial charge in [-0.1, -0.05) is 132 Å². The summed E-state index contributed by atoms with van der Waals surface area (Å²) in [4.78, 5) is 272. The molecule has 800 valence electrons. The summed E-state index contributed by atoms with van der Waals surface area (Å²) < 4.78 is 11.0. The predicted molar refractivity (Wildman–Crippen MR) is 531 cm³/mol. The Morgan fingerprint density at radius 3 is 1.72 bits per heavy atom. The molecule has 3 saturated heterocycles. The number of para-hydroxylation sites is 1. The number of nitrogens with zero attached hydrogens (tertiary/aromatic N) is 4. The highest BCUT2D eigenvalue weighted by molar-refractivity contribution is 6.01. The Morgan fingerprint density at radius 2 is 1.08 bits per heavy atom. The molecule has 46 nitrogen and oxygen atoms in total. The van der Waals surface area contributed by atoms with E-state index in [0.717, 1.165) is 63.2 Å². The maximum absolute atomic E-state index is 15.7. The second-order valence-corrected chi connectivity index (χ2v) is 37.0. The minimum atomic E-state index is -1.97. The van der Waals surface area contributed by atoms with E-state index in [2.05, 4.69) is 79.1 Å². The lowest BCUT2D eigenvalue weighted by Crippen LogP contribution is -2.61. The van der Waals surface area contributed by atoms with Crippen LogP contribution in [0.5, 0.6) is 0 Å². The van der Waals surface area contributed by atoms with Crippen LogP contribution >= 0.6 is 0 Å². The number of aliphatic carboxylic acids is 4. The number of aliphatic imine (C=N–C) groups is 1. The third kappa shape index (κ3) is 45.5. The Bertz CT molecular complexity index is 4850. The van der Waals surface area contributed by atoms with E-state index in [0.29, 0.717) is 47.1 Å². The summed E-state index contributed by atoms with van der Waals surface area (Å²) in [5.41, 5.74) is 13.6. The number of allylic oxidation sites excluding steroid dienone is 1. The van der Waals surface area contributed by atoms with Gasteiger partial charge in [-0.15, -0.1) is 0 Å². The van der Waals surface area contributed by atoms with E-state index in [1.54, 1.807) is 73.1 Å². The molecule has 11 atom stereocenters. The summed E-state index contributed by atoms with van der Waals surface area (Å²) in [6.07, 6.45) is 18.8. The van der Waals surface area contributed by atoms with Gasteiger partial charge in [0.1, 0.15) is 73.1 Å². The number of benzene rings is 2. The van der Waals surface area contributed by atoms with Crippen molar-refractivity contribution >= 4 is 136 Å². The average molecular weight is 2030 g/mol. The number of fused-ring (bicyclic) bond motifs is 1. The van der Waals surface area contributed by atoms with Crippen molar-refractivity contribution in [2.75, 3.05) is 85.3 Å². The zero-order chi connectivity index (χ0) is 105. The summed E-state index contributed by atoms with van der Waals surface area (Å²) in [6.45, 7) is -0.0957. The van der Waals surface area contributed by atoms with Gasteiger partial charge < -0.3 is 125 Å². The number of carbonyl (C=O) groups excluding carboxylic acids is 15. The Balaban J connectivity index is 1.01. The smallest absolute Gasteiger partial charge is 0.317 e. The molecule has 4 aliphatic rings. The van der Waals surface area contributed by atoms with Crippen molar-refractivity contribution in [3.8, 4) is 0 Å². The van der Waals surface area contributed by atoms with E-state index >= 15 is 24.0 Å². The van der Waals surface area contributed by atoms with Crippen LogP contribution in [-0.2, 0) is 113 Å². The number of hydrogen-bond donors (Lipinski definition) is 21. The molecular weight excluding hydrogens is 1880 g/mol. The van der Waals surface area contributed by atoms with Crippen LogP contribution in [0.1, 0.15) is 243 Å². The van der Waals surface area contributed by atoms with E-state index in [1.807, 2.05) is 0 Å². The topological polar surface area (TPSA) is 694 Å². The molecule has 0 radical (unpaired) electrons. The molecule has 145 heavy (non-hydrogen) atoms. The fraction of sp³-hybridized carbons (Fsp3) is 0.626. The molecule has 0 bridgehead atoms. The van der Waals surface area contributed by atoms with Crippen LogP contribution in [0, 0.1) is 5.41 Å². The fourth-order valence-electron chi connectivity index (χ4n) is 17.8. The van der Waals surface area contributed by atoms with E-state index in [4.69, 9.17) is 31.5 Å². The van der Waals surface area contributed by atoms with Gasteiger partial charge in [-0.2, -0.15) is 0 Å². The first-order valence-electron chi connectivity index (χ1n) is 50.7. The molecule has 1 aromatic heterocycles. The predicted octanol–water partition coefficient (Wildman–Crippen LogP) is 1.38. The van der Waals surface area contributed by atoms with Crippen LogP contribution in [0.25, 0.3) is 10.9 Å². The minimum Gasteiger partial charge on any atom is -0.481 e. The standard InChI is InChI=1S/C99H149N21O25/c1-64(121)109-73-43-44-82(123)104-47-27-38-74(113-93(138)76(57-66-60-108-69-34-20-19-33-68(66)69)115-90(135)72(37-26-48-107-99(101)102)112-92(137)75(56-65-30-15-14-16-31-65)114-94(139)77(116-91(73)136)58-67-32-25-46-103-67)97(142)120-52-29-40-80(120)98(143)119-51-28-39-79(119)96(141)117-78(59-85(127)128)95(140)111-71(36-22-24-50-118(61-86(129)130)62-87(131)132)89(134)110-70(88(100)133)35-21-23-45-105-83(124)63-145-55-54-144-53-49-106-81(122)41-17-12-10-8-6-4-2-3-5-7-9-11-13-18-42-84(125)126/h14-16,19-20,30-34,46,60,70-80,108H,2-13,17-18,21-29,35-45,47-59,61-63H2,1H3,(H2,100,133)(H,104,123)(H,105,124)(H,106,122)(H,109,121)(H,110,134)(H,111,140)(H,112,137)(H,113,138)(H,114,139)(H,115,135)(H,116,136)(H,117,141)(H,125,126)(H,127,128)(H,129,130)(H,131,132)(H4,101,102,107)/t70-,71-,72-,73-,74-,75+,76-,77-,78-,79-,80-/m0/s1. The number of carbonyl (C=O) groups is 19. The second-order valence-electron chi connectivity index (χ2n) is 37.0. The number of carboxylic acid groups (broad SMARTS) is 4. The number of ether oxygens (including phenoxy) is 2. The summed E-state index contributed by atoms with van der Waals surface area (Å²) in [6, 6.07) is -1.13. The van der Waals surface area contributed by atoms with Crippen molar-refractivity contribution in [2.24, 2.45) is 16.5 Å². The van der Waals surface area contributed by atoms with Crippen LogP contribution in [0.3, 0.4) is 0 Å². The monoisotopic (exact) mass is 2030 g/mol. The number of primary amides is 1. The third-order valence-electron chi connectivity index (χ3n) is 25.3. The van der Waals surface area contributed by atoms with E-state index < -0.39 is 199 Å². The first kappa shape index (κ1) is 118. The van der Waals surface area contributed by atoms with Gasteiger partial charge in [-0.05, 0) is 133 Å². The summed E-state index contributed by atoms with van der Waals surface area (Å²) >= 11 is 0. The van der Waals surface area contributed by atoms with Crippen LogP contribution in [0.2, 0.25) is 0 Å². The number of likely N-dealkylation sites (tertiary alicyclic amines) is 2. The maximum atomic E-state index is 15.7. The van der Waals surface area contributed by atoms with Crippen LogP contribution in [0.4, 0.5) is 0 Å². The quantitative estimate of drug-likeness (QED) is 0.0216. The molecule has 46 heteroatoms. The van der Waals surface area contributed by atoms with Gasteiger partial charge in [-0.25, -0.2) is 0 Å². The lowest BCUT2D eigenvalue weighted by atomic mass is 10.0. The minimum absolute atomic E-state index is 0.00883. The highest BCUT2D eigenvalue weighted by Gasteiger charge is 2.46. The number of carboxylic acids is 4. The normalized spacial score (nSPS) is 19.4. The zero-order valence-electron chi connectivity index (χ0n) is 82.9. The highest BCUT2D eigenvalue weighted by Crippen LogP contribution is 2.29. The fourth-order valence-corrected chi connectivity index (χ4v) is 17.8. The molecule has 4 aliphatic heterocycles. The average Bonchev–Trinajstić information content (AvgIpc) is 1.64. The van der Waals surface area contributed by atoms with Gasteiger partial charge in [0.25, 0.3) is 0 Å². The van der Waals surface area contributed by atoms with E-state index in [-0.39, 0.29) is 200 Å². The van der Waals surface area contributed by atoms with Crippen LogP contribution in [-0.4, -0.2) is 317 Å². The molecule has 0 unspecified atom stereocenters. The molecule has 7 rings (SSSR count). The lowest BCUT2D eigenvalue weighted by Gasteiger charge is -2.34. The molecule has 3 aromatic rings. The van der Waals surface area contributed by atoms with Crippen LogP contribution < -0.4 is 80.6 Å². The van der Waals surface area contributed by atoms with E-state index in [1.165, 1.54) is 48.3 Å². The summed E-state index contributed by atoms with van der Waals surface area (Å²) in [7, 11) is 0. The number of unbranched alkanes of at least 4 members (excludes halogenated alkanes) is 15. The SMILES string of the molecule is CC(=O)N[C@H]1CCC(=O)NCCC[C@@H](C(=O)N2CCC[C@H]2C(=O)N2CCC[C@H]2C(=O)N[C@@H](CC(=O)O)C(=O)N[C@@H](CCCCN(CC(=O)O)CC(=O)O)C(=O)N[C@@H](CCCCNC(=O)COCCOCCNC(=O)CCCCCCCCCCCCCCCCC(=O)O)C(N)=O)NC(=O)[C@H](Cc2c[nH]c3ccccc23)NC(=O)[C@H](CCCNC(=N)N)NC(=O)[C@@H](Cc2ccccc2)NC(=O)[C@H](CC2=CCC=N2)NC1=O. The van der Waals surface area contributed by atoms with Gasteiger partial charge in [0, 0.05) is 120 Å². The molecule has 0 saturated carbocycles. The number of aromatic nitrogens is 1. The third-order valence-corrected chi connectivity index (χ3v) is 25.3. The Morgan fingerprint density at radius 1 is 0.524 bits per heavy atom. The molecule has 23 N–H and O–H groups in total. The number of H-pyrrole nitrogens is 1. The molecule has 0 spiro atoms. The number of nitrogens with two attached hydrogens (primary N) is 2. The van der Waals surface area contributed by atoms with Crippen molar-refractivity contribution in [3.63, 3.8) is 0 Å². The number of aromatic amines is 1. The summed E-state index contributed by atoms with van der Waals surface area (Å²) in [5.74, 6) is -17.6. The number of nitrogens with one attached hydrogen (secondary N) is 15. The molecular formula is C99H149N21O25. The molecule has 5 heterocycles. The largest absolute Gasteiger partial charge is 0.481 e. The molecule has 15 amide bonds. The molecule has 2 aromatic carbocycles. The lowest BCUT2D eigenvalue weighted by molar-refractivity contribution is -0.148. The van der Waals surface area contributed by atoms with Gasteiger partial charge in [0.15, 0.2) is 5.96 Å². The van der Waals surface area contributed by atoms with Crippen molar-refractivity contribution in [2.45, 2.75) is 311 Å². The van der Waals surface area contributed by atoms with Crippen molar-refractivity contribution in [3.05, 3.63) is 83.7 Å². The number of guanidine groups is 1. The van der Waals surface area contributed by atoms with Crippen molar-refractivity contribution < 1.29 is 121 Å². The van der Waals surface area contributed by atoms with Crippen molar-refractivity contribution in [1.29, 1.82) is 5.41 Å². The number of hydrogen-bond acceptors (Lipinski definition) is 24. The van der Waals surface area contributed by atoms with Crippen LogP contribution in [0.15, 0.2) is 77.6 Å². The van der Waals surface area contributed by atoms with Crippen molar-refractivity contribution in [1.82, 2.24) is 88.8 Å². The van der Waals surface area contributed by atoms with Gasteiger partial charge in [0.05, 0.1) is 39.3 Å².